The Balaban J connectivity index is 2.23. The standard InChI is InChI=1S/C10H17N5O2/c1-13(17)10(16)9-5-8-6-14(7-11)3-2-4-15(8)12-9/h5,17H,2-4,6-7,11H2,1H3. The number of carbonyl (C=O) groups excluding carboxylic acids is 1. The lowest BCUT2D eigenvalue weighted by Gasteiger charge is -2.15. The summed E-state index contributed by atoms with van der Waals surface area (Å²) in [6, 6.07) is 1.71. The highest BCUT2D eigenvalue weighted by Gasteiger charge is 2.20. The zero-order chi connectivity index (χ0) is 12.4. The molecule has 0 radical (unpaired) electrons. The van der Waals surface area contributed by atoms with Crippen LogP contribution in [0.5, 0.6) is 0 Å². The number of hydrogen-bond donors (Lipinski definition) is 2. The fourth-order valence-corrected chi connectivity index (χ4v) is 1.95. The van der Waals surface area contributed by atoms with Crippen LogP contribution >= 0.6 is 0 Å². The van der Waals surface area contributed by atoms with Crippen molar-refractivity contribution in [1.82, 2.24) is 19.7 Å². The molecule has 17 heavy (non-hydrogen) atoms. The molecule has 7 nitrogen and oxygen atoms in total. The van der Waals surface area contributed by atoms with Gasteiger partial charge < -0.3 is 5.73 Å². The second-order valence-electron chi connectivity index (χ2n) is 4.16. The Morgan fingerprint density at radius 1 is 1.65 bits per heavy atom. The van der Waals surface area contributed by atoms with E-state index in [2.05, 4.69) is 10.00 Å². The average Bonchev–Trinajstić information content (AvgIpc) is 2.60. The van der Waals surface area contributed by atoms with E-state index in [0.29, 0.717) is 18.3 Å². The van der Waals surface area contributed by atoms with E-state index >= 15 is 0 Å². The van der Waals surface area contributed by atoms with Crippen LogP contribution in [0.1, 0.15) is 22.6 Å². The SMILES string of the molecule is CN(O)C(=O)c1cc2n(n1)CCCN(CN)C2. The molecule has 0 atom stereocenters. The number of nitrogens with two attached hydrogens (primary N) is 1. The van der Waals surface area contributed by atoms with E-state index in [1.165, 1.54) is 7.05 Å². The van der Waals surface area contributed by atoms with Crippen LogP contribution in [0.4, 0.5) is 0 Å². The second kappa shape index (κ2) is 4.82. The number of amides is 1. The molecular weight excluding hydrogens is 222 g/mol. The minimum absolute atomic E-state index is 0.267. The van der Waals surface area contributed by atoms with E-state index < -0.39 is 5.91 Å². The number of hydroxylamine groups is 2. The molecule has 0 aromatic carbocycles. The smallest absolute Gasteiger partial charge is 0.297 e. The first-order chi connectivity index (χ1) is 8.11. The molecule has 1 amide bonds. The first-order valence-corrected chi connectivity index (χ1v) is 5.58. The van der Waals surface area contributed by atoms with Gasteiger partial charge in [-0.05, 0) is 12.5 Å². The number of hydrogen-bond acceptors (Lipinski definition) is 5. The summed E-state index contributed by atoms with van der Waals surface area (Å²) >= 11 is 0. The lowest BCUT2D eigenvalue weighted by molar-refractivity contribution is -0.0380. The van der Waals surface area contributed by atoms with E-state index in [4.69, 9.17) is 10.9 Å². The van der Waals surface area contributed by atoms with Gasteiger partial charge in [0.1, 0.15) is 0 Å². The van der Waals surface area contributed by atoms with Gasteiger partial charge >= 0.3 is 0 Å². The van der Waals surface area contributed by atoms with Crippen LogP contribution in [-0.4, -0.2) is 51.1 Å². The first kappa shape index (κ1) is 12.0. The summed E-state index contributed by atoms with van der Waals surface area (Å²) in [6.07, 6.45) is 0.953. The van der Waals surface area contributed by atoms with E-state index in [-0.39, 0.29) is 5.69 Å². The van der Waals surface area contributed by atoms with E-state index in [0.717, 1.165) is 25.2 Å². The van der Waals surface area contributed by atoms with E-state index in [1.54, 1.807) is 6.07 Å². The Morgan fingerprint density at radius 3 is 3.06 bits per heavy atom. The number of nitrogens with zero attached hydrogens (tertiary/aromatic N) is 4. The Kier molecular flexibility index (Phi) is 3.41. The maximum atomic E-state index is 11.6. The normalized spacial score (nSPS) is 16.4. The van der Waals surface area contributed by atoms with Crippen molar-refractivity contribution in [3.05, 3.63) is 17.5 Å². The molecule has 0 saturated carbocycles. The molecule has 3 N–H and O–H groups in total. The van der Waals surface area contributed by atoms with E-state index in [9.17, 15) is 4.79 Å². The Morgan fingerprint density at radius 2 is 2.41 bits per heavy atom. The van der Waals surface area contributed by atoms with Gasteiger partial charge in [0.25, 0.3) is 5.91 Å². The minimum Gasteiger partial charge on any atom is -0.318 e. The van der Waals surface area contributed by atoms with Gasteiger partial charge in [-0.3, -0.25) is 19.6 Å². The highest BCUT2D eigenvalue weighted by Crippen LogP contribution is 2.13. The molecule has 0 aliphatic carbocycles. The van der Waals surface area contributed by atoms with Crippen LogP contribution in [0.2, 0.25) is 0 Å². The number of carbonyl (C=O) groups is 1. The van der Waals surface area contributed by atoms with Crippen LogP contribution < -0.4 is 5.73 Å². The Hall–Kier alpha value is -1.44. The Bertz CT molecular complexity index is 415. The molecule has 0 spiro atoms. The number of fused-ring (bicyclic) bond motifs is 1. The maximum Gasteiger partial charge on any atom is 0.297 e. The summed E-state index contributed by atoms with van der Waals surface area (Å²) in [7, 11) is 1.29. The van der Waals surface area contributed by atoms with Gasteiger partial charge in [0, 0.05) is 33.4 Å². The molecular formula is C10H17N5O2. The molecule has 0 fully saturated rings. The van der Waals surface area contributed by atoms with Gasteiger partial charge in [-0.2, -0.15) is 5.10 Å². The summed E-state index contributed by atoms with van der Waals surface area (Å²) < 4.78 is 1.81. The average molecular weight is 239 g/mol. The molecule has 1 aromatic heterocycles. The van der Waals surface area contributed by atoms with Crippen LogP contribution in [0, 0.1) is 0 Å². The molecule has 94 valence electrons. The highest BCUT2D eigenvalue weighted by molar-refractivity contribution is 5.91. The molecule has 0 unspecified atom stereocenters. The third-order valence-corrected chi connectivity index (χ3v) is 2.86. The van der Waals surface area contributed by atoms with Crippen LogP contribution in [0.25, 0.3) is 0 Å². The summed E-state index contributed by atoms with van der Waals surface area (Å²) in [5, 5.41) is 13.8. The lowest BCUT2D eigenvalue weighted by atomic mass is 10.3. The number of rotatable bonds is 2. The quantitative estimate of drug-likeness (QED) is 0.535. The van der Waals surface area contributed by atoms with Crippen molar-refractivity contribution in [2.75, 3.05) is 20.3 Å². The Labute approximate surface area is 99.4 Å². The van der Waals surface area contributed by atoms with Gasteiger partial charge in [0.15, 0.2) is 5.69 Å². The fraction of sp³-hybridized carbons (Fsp3) is 0.600. The van der Waals surface area contributed by atoms with Crippen molar-refractivity contribution >= 4 is 5.91 Å². The summed E-state index contributed by atoms with van der Waals surface area (Å²) in [4.78, 5) is 13.7. The van der Waals surface area contributed by atoms with E-state index in [1.807, 2.05) is 4.68 Å². The first-order valence-electron chi connectivity index (χ1n) is 5.58. The molecule has 0 saturated heterocycles. The number of aryl methyl sites for hydroxylation is 1. The van der Waals surface area contributed by atoms with Gasteiger partial charge in [-0.1, -0.05) is 0 Å². The monoisotopic (exact) mass is 239 g/mol. The number of aromatic nitrogens is 2. The third kappa shape index (κ3) is 2.46. The molecule has 1 aromatic rings. The topological polar surface area (TPSA) is 87.6 Å². The lowest BCUT2D eigenvalue weighted by Crippen LogP contribution is -2.29. The predicted molar refractivity (Wildman–Crippen MR) is 60.2 cm³/mol. The van der Waals surface area contributed by atoms with Crippen molar-refractivity contribution in [3.8, 4) is 0 Å². The van der Waals surface area contributed by atoms with Crippen LogP contribution in [0.3, 0.4) is 0 Å². The summed E-state index contributed by atoms with van der Waals surface area (Å²) in [5.74, 6) is -0.495. The van der Waals surface area contributed by atoms with Gasteiger partial charge in [-0.15, -0.1) is 0 Å². The van der Waals surface area contributed by atoms with Gasteiger partial charge in [-0.25, -0.2) is 5.06 Å². The van der Waals surface area contributed by atoms with Crippen molar-refractivity contribution in [1.29, 1.82) is 0 Å². The summed E-state index contributed by atoms with van der Waals surface area (Å²) in [5.41, 5.74) is 6.85. The third-order valence-electron chi connectivity index (χ3n) is 2.86. The van der Waals surface area contributed by atoms with Crippen molar-refractivity contribution in [2.24, 2.45) is 5.73 Å². The molecule has 7 heteroatoms. The van der Waals surface area contributed by atoms with Crippen molar-refractivity contribution < 1.29 is 10.0 Å². The molecule has 0 bridgehead atoms. The molecule has 1 aliphatic rings. The van der Waals surface area contributed by atoms with Gasteiger partial charge in [0.05, 0.1) is 5.69 Å². The predicted octanol–water partition coefficient (Wildman–Crippen LogP) is -0.534. The second-order valence-corrected chi connectivity index (χ2v) is 4.16. The molecule has 1 aliphatic heterocycles. The van der Waals surface area contributed by atoms with Crippen LogP contribution in [0.15, 0.2) is 6.07 Å². The molecule has 2 heterocycles. The van der Waals surface area contributed by atoms with Gasteiger partial charge in [0.2, 0.25) is 0 Å². The minimum atomic E-state index is -0.495. The zero-order valence-electron chi connectivity index (χ0n) is 9.83. The highest BCUT2D eigenvalue weighted by atomic mass is 16.5. The molecule has 2 rings (SSSR count). The van der Waals surface area contributed by atoms with Crippen LogP contribution in [-0.2, 0) is 13.1 Å². The van der Waals surface area contributed by atoms with Crippen molar-refractivity contribution in [3.63, 3.8) is 0 Å². The van der Waals surface area contributed by atoms with Crippen molar-refractivity contribution in [2.45, 2.75) is 19.5 Å². The largest absolute Gasteiger partial charge is 0.318 e. The summed E-state index contributed by atoms with van der Waals surface area (Å²) in [6.45, 7) is 2.89. The fourth-order valence-electron chi connectivity index (χ4n) is 1.95. The zero-order valence-corrected chi connectivity index (χ0v) is 9.83. The maximum absolute atomic E-state index is 11.6.